The minimum absolute atomic E-state index is 0.0645. The second kappa shape index (κ2) is 7.61. The number of aryl methyl sites for hydroxylation is 1. The summed E-state index contributed by atoms with van der Waals surface area (Å²) in [5, 5.41) is 4.34. The quantitative estimate of drug-likeness (QED) is 0.716. The van der Waals surface area contributed by atoms with Gasteiger partial charge >= 0.3 is 0 Å². The average molecular weight is 361 g/mol. The Balaban J connectivity index is 1.46. The van der Waals surface area contributed by atoms with E-state index in [2.05, 4.69) is 27.1 Å². The van der Waals surface area contributed by atoms with Crippen molar-refractivity contribution in [3.8, 4) is 0 Å². The van der Waals surface area contributed by atoms with Crippen LogP contribution in [0, 0.1) is 0 Å². The van der Waals surface area contributed by atoms with Gasteiger partial charge in [0.05, 0.1) is 17.5 Å². The van der Waals surface area contributed by atoms with Crippen LogP contribution < -0.4 is 4.90 Å². The fraction of sp³-hybridized carbons (Fsp3) is 0.286. The third-order valence-electron chi connectivity index (χ3n) is 5.05. The van der Waals surface area contributed by atoms with Crippen molar-refractivity contribution >= 4 is 11.7 Å². The Morgan fingerprint density at radius 1 is 1.00 bits per heavy atom. The molecule has 1 aliphatic rings. The molecular weight excluding hydrogens is 338 g/mol. The monoisotopic (exact) mass is 361 g/mol. The van der Waals surface area contributed by atoms with E-state index in [0.29, 0.717) is 25.1 Å². The number of carbonyl (C=O) groups excluding carboxylic acids is 1. The van der Waals surface area contributed by atoms with Crippen molar-refractivity contribution in [3.05, 3.63) is 77.7 Å². The summed E-state index contributed by atoms with van der Waals surface area (Å²) in [5.41, 5.74) is 2.83. The first kappa shape index (κ1) is 17.3. The van der Waals surface area contributed by atoms with E-state index in [1.807, 2.05) is 53.0 Å². The Kier molecular flexibility index (Phi) is 4.87. The predicted molar refractivity (Wildman–Crippen MR) is 105 cm³/mol. The van der Waals surface area contributed by atoms with Crippen LogP contribution >= 0.6 is 0 Å². The summed E-state index contributed by atoms with van der Waals surface area (Å²) in [5.74, 6) is 1.03. The van der Waals surface area contributed by atoms with Crippen LogP contribution in [-0.2, 0) is 13.5 Å². The van der Waals surface area contributed by atoms with Crippen molar-refractivity contribution < 1.29 is 4.79 Å². The second-order valence-corrected chi connectivity index (χ2v) is 6.76. The molecule has 4 rings (SSSR count). The first-order chi connectivity index (χ1) is 13.2. The standard InChI is InChI=1S/C21H23N5O/c1-24-19(15-17-7-3-2-4-8-17)18(16-23-24)21(27)26-13-11-25(12-14-26)20-9-5-6-10-22-20/h2-10,16H,11-15H2,1H3. The maximum Gasteiger partial charge on any atom is 0.257 e. The molecule has 2 aromatic heterocycles. The first-order valence-corrected chi connectivity index (χ1v) is 9.22. The lowest BCUT2D eigenvalue weighted by atomic mass is 10.1. The largest absolute Gasteiger partial charge is 0.353 e. The Hall–Kier alpha value is -3.15. The van der Waals surface area contributed by atoms with E-state index in [-0.39, 0.29) is 5.91 Å². The third-order valence-corrected chi connectivity index (χ3v) is 5.05. The van der Waals surface area contributed by atoms with Gasteiger partial charge in [-0.05, 0) is 17.7 Å². The number of hydrogen-bond donors (Lipinski definition) is 0. The molecule has 0 aliphatic carbocycles. The second-order valence-electron chi connectivity index (χ2n) is 6.76. The average Bonchev–Trinajstić information content (AvgIpc) is 3.09. The van der Waals surface area contributed by atoms with Gasteiger partial charge < -0.3 is 9.80 Å². The van der Waals surface area contributed by atoms with Crippen LogP contribution in [-0.4, -0.2) is 51.8 Å². The predicted octanol–water partition coefficient (Wildman–Crippen LogP) is 2.37. The van der Waals surface area contributed by atoms with Crippen LogP contribution in [0.15, 0.2) is 60.9 Å². The van der Waals surface area contributed by atoms with Crippen LogP contribution in [0.1, 0.15) is 21.6 Å². The number of nitrogens with zero attached hydrogens (tertiary/aromatic N) is 5. The molecule has 1 fully saturated rings. The molecule has 3 heterocycles. The van der Waals surface area contributed by atoms with E-state index in [4.69, 9.17) is 0 Å². The molecule has 27 heavy (non-hydrogen) atoms. The Bertz CT molecular complexity index is 899. The van der Waals surface area contributed by atoms with Crippen molar-refractivity contribution in [3.63, 3.8) is 0 Å². The number of carbonyl (C=O) groups is 1. The lowest BCUT2D eigenvalue weighted by Crippen LogP contribution is -2.49. The van der Waals surface area contributed by atoms with Gasteiger partial charge in [0.25, 0.3) is 5.91 Å². The molecule has 1 aliphatic heterocycles. The number of aromatic nitrogens is 3. The molecule has 0 bridgehead atoms. The minimum Gasteiger partial charge on any atom is -0.353 e. The van der Waals surface area contributed by atoms with Crippen molar-refractivity contribution in [2.75, 3.05) is 31.1 Å². The lowest BCUT2D eigenvalue weighted by Gasteiger charge is -2.35. The van der Waals surface area contributed by atoms with Crippen LogP contribution in [0.4, 0.5) is 5.82 Å². The van der Waals surface area contributed by atoms with Gasteiger partial charge in [-0.3, -0.25) is 9.48 Å². The first-order valence-electron chi connectivity index (χ1n) is 9.22. The molecule has 3 aromatic rings. The van der Waals surface area contributed by atoms with Crippen molar-refractivity contribution in [2.24, 2.45) is 7.05 Å². The molecule has 0 unspecified atom stereocenters. The summed E-state index contributed by atoms with van der Waals surface area (Å²) < 4.78 is 1.81. The van der Waals surface area contributed by atoms with Gasteiger partial charge in [-0.15, -0.1) is 0 Å². The van der Waals surface area contributed by atoms with Crippen molar-refractivity contribution in [1.82, 2.24) is 19.7 Å². The molecule has 0 spiro atoms. The molecule has 1 amide bonds. The maximum atomic E-state index is 13.1. The van der Waals surface area contributed by atoms with Crippen molar-refractivity contribution in [2.45, 2.75) is 6.42 Å². The van der Waals surface area contributed by atoms with E-state index in [1.165, 1.54) is 5.56 Å². The summed E-state index contributed by atoms with van der Waals surface area (Å²) in [6.45, 7) is 2.96. The highest BCUT2D eigenvalue weighted by Crippen LogP contribution is 2.18. The number of amides is 1. The molecule has 0 atom stereocenters. The van der Waals surface area contributed by atoms with Gasteiger partial charge in [-0.25, -0.2) is 4.98 Å². The van der Waals surface area contributed by atoms with E-state index in [9.17, 15) is 4.79 Å². The van der Waals surface area contributed by atoms with Crippen LogP contribution in [0.3, 0.4) is 0 Å². The fourth-order valence-electron chi connectivity index (χ4n) is 3.49. The number of hydrogen-bond acceptors (Lipinski definition) is 4. The number of benzene rings is 1. The molecule has 1 aromatic carbocycles. The Labute approximate surface area is 159 Å². The van der Waals surface area contributed by atoms with E-state index in [0.717, 1.165) is 24.6 Å². The van der Waals surface area contributed by atoms with Gasteiger partial charge in [0.1, 0.15) is 5.82 Å². The minimum atomic E-state index is 0.0645. The van der Waals surface area contributed by atoms with Gasteiger partial charge in [0.15, 0.2) is 0 Å². The van der Waals surface area contributed by atoms with E-state index < -0.39 is 0 Å². The van der Waals surface area contributed by atoms with E-state index in [1.54, 1.807) is 12.4 Å². The highest BCUT2D eigenvalue weighted by atomic mass is 16.2. The normalized spacial score (nSPS) is 14.4. The van der Waals surface area contributed by atoms with Crippen LogP contribution in [0.5, 0.6) is 0 Å². The number of piperazine rings is 1. The van der Waals surface area contributed by atoms with Gasteiger partial charge in [-0.2, -0.15) is 5.10 Å². The summed E-state index contributed by atoms with van der Waals surface area (Å²) >= 11 is 0. The maximum absolute atomic E-state index is 13.1. The smallest absolute Gasteiger partial charge is 0.257 e. The highest BCUT2D eigenvalue weighted by molar-refractivity contribution is 5.95. The van der Waals surface area contributed by atoms with E-state index >= 15 is 0 Å². The van der Waals surface area contributed by atoms with Gasteiger partial charge in [-0.1, -0.05) is 36.4 Å². The summed E-state index contributed by atoms with van der Waals surface area (Å²) in [4.78, 5) is 21.7. The topological polar surface area (TPSA) is 54.3 Å². The van der Waals surface area contributed by atoms with Gasteiger partial charge in [0, 0.05) is 45.8 Å². The van der Waals surface area contributed by atoms with Crippen LogP contribution in [0.2, 0.25) is 0 Å². The zero-order valence-corrected chi connectivity index (χ0v) is 15.5. The number of anilines is 1. The van der Waals surface area contributed by atoms with Crippen LogP contribution in [0.25, 0.3) is 0 Å². The molecule has 0 saturated carbocycles. The van der Waals surface area contributed by atoms with Gasteiger partial charge in [0.2, 0.25) is 0 Å². The highest BCUT2D eigenvalue weighted by Gasteiger charge is 2.26. The Morgan fingerprint density at radius 2 is 1.74 bits per heavy atom. The zero-order valence-electron chi connectivity index (χ0n) is 15.5. The SMILES string of the molecule is Cn1ncc(C(=O)N2CCN(c3ccccn3)CC2)c1Cc1ccccc1. The number of pyridine rings is 1. The lowest BCUT2D eigenvalue weighted by molar-refractivity contribution is 0.0745. The summed E-state index contributed by atoms with van der Waals surface area (Å²) in [7, 11) is 1.90. The Morgan fingerprint density at radius 3 is 2.44 bits per heavy atom. The third kappa shape index (κ3) is 3.69. The molecule has 138 valence electrons. The molecule has 6 heteroatoms. The molecule has 0 radical (unpaired) electrons. The molecule has 6 nitrogen and oxygen atoms in total. The molecule has 0 N–H and O–H groups in total. The van der Waals surface area contributed by atoms with Crippen molar-refractivity contribution in [1.29, 1.82) is 0 Å². The fourth-order valence-corrected chi connectivity index (χ4v) is 3.49. The zero-order chi connectivity index (χ0) is 18.6. The molecular formula is C21H23N5O. The summed E-state index contributed by atoms with van der Waals surface area (Å²) in [6, 6.07) is 16.1. The molecule has 1 saturated heterocycles. The number of rotatable bonds is 4. The summed E-state index contributed by atoms with van der Waals surface area (Å²) in [6.07, 6.45) is 4.20.